The molecule has 1 unspecified atom stereocenters. The Balaban J connectivity index is 1.63. The van der Waals surface area contributed by atoms with E-state index in [4.69, 9.17) is 11.6 Å². The molecular formula is C23H33N5O3. The van der Waals surface area contributed by atoms with Gasteiger partial charge in [0.15, 0.2) is 0 Å². The van der Waals surface area contributed by atoms with Gasteiger partial charge in [0.25, 0.3) is 0 Å². The maximum Gasteiger partial charge on any atom is 0.243 e. The standard InChI is InChI=1S/C23H33N5O3/c1-23(22(24)31)18(15-6-7-16(13-27-25)19(29)12-15)9-11-28(23)21(30)20-17-5-3-2-4-14(17)8-10-26-20/h6-7,12-14,17-18,20,26,29H,2-5,8-11,25H2,1H3,(H2,24,31)/t14-,17-,18?,20-,23+/m1/s1. The van der Waals surface area contributed by atoms with Crippen molar-refractivity contribution in [2.75, 3.05) is 13.1 Å². The van der Waals surface area contributed by atoms with Gasteiger partial charge in [-0.25, -0.2) is 0 Å². The van der Waals surface area contributed by atoms with Crippen LogP contribution < -0.4 is 16.9 Å². The van der Waals surface area contributed by atoms with Gasteiger partial charge in [-0.05, 0) is 62.3 Å². The molecule has 168 valence electrons. The average Bonchev–Trinajstić information content (AvgIpc) is 3.13. The van der Waals surface area contributed by atoms with Crippen molar-refractivity contribution >= 4 is 18.0 Å². The molecule has 0 spiro atoms. The number of phenolic OH excluding ortho intramolecular Hbond substituents is 1. The largest absolute Gasteiger partial charge is 0.507 e. The highest BCUT2D eigenvalue weighted by molar-refractivity contribution is 5.94. The number of primary amides is 1. The first-order valence-electron chi connectivity index (χ1n) is 11.3. The number of carbonyl (C=O) groups is 2. The number of hydrogen-bond donors (Lipinski definition) is 4. The van der Waals surface area contributed by atoms with Crippen molar-refractivity contribution in [3.05, 3.63) is 29.3 Å². The Labute approximate surface area is 183 Å². The van der Waals surface area contributed by atoms with E-state index in [9.17, 15) is 14.7 Å². The van der Waals surface area contributed by atoms with Crippen molar-refractivity contribution in [3.8, 4) is 5.75 Å². The topological polar surface area (TPSA) is 134 Å². The fraction of sp³-hybridized carbons (Fsp3) is 0.609. The first kappa shape index (κ1) is 21.6. The SMILES string of the molecule is C[C@@]1(C(N)=O)C(c2ccc(C=NN)c(O)c2)CCN1C(=O)[C@@H]1NCC[C@H]2CCCC[C@H]21. The van der Waals surface area contributed by atoms with Gasteiger partial charge in [0.05, 0.1) is 12.3 Å². The summed E-state index contributed by atoms with van der Waals surface area (Å²) in [7, 11) is 0. The van der Waals surface area contributed by atoms with Crippen LogP contribution in [-0.4, -0.2) is 52.7 Å². The van der Waals surface area contributed by atoms with Gasteiger partial charge in [0.2, 0.25) is 11.8 Å². The zero-order valence-corrected chi connectivity index (χ0v) is 18.1. The summed E-state index contributed by atoms with van der Waals surface area (Å²) in [6.45, 7) is 3.06. The van der Waals surface area contributed by atoms with Gasteiger partial charge in [-0.2, -0.15) is 5.10 Å². The molecule has 3 aliphatic rings. The van der Waals surface area contributed by atoms with E-state index in [-0.39, 0.29) is 23.6 Å². The van der Waals surface area contributed by atoms with Crippen LogP contribution in [0.25, 0.3) is 0 Å². The van der Waals surface area contributed by atoms with Crippen molar-refractivity contribution in [1.82, 2.24) is 10.2 Å². The number of aromatic hydroxyl groups is 1. The van der Waals surface area contributed by atoms with Gasteiger partial charge in [-0.15, -0.1) is 0 Å². The molecule has 4 rings (SSSR count). The van der Waals surface area contributed by atoms with Crippen LogP contribution in [0.15, 0.2) is 23.3 Å². The van der Waals surface area contributed by atoms with Gasteiger partial charge < -0.3 is 26.9 Å². The number of benzene rings is 1. The van der Waals surface area contributed by atoms with E-state index < -0.39 is 11.4 Å². The van der Waals surface area contributed by atoms with Gasteiger partial charge in [-0.3, -0.25) is 9.59 Å². The van der Waals surface area contributed by atoms with E-state index in [0.29, 0.717) is 30.4 Å². The summed E-state index contributed by atoms with van der Waals surface area (Å²) < 4.78 is 0. The number of hydrazone groups is 1. The summed E-state index contributed by atoms with van der Waals surface area (Å²) in [5, 5.41) is 17.2. The molecule has 0 radical (unpaired) electrons. The lowest BCUT2D eigenvalue weighted by Gasteiger charge is -2.45. The van der Waals surface area contributed by atoms with Gasteiger partial charge >= 0.3 is 0 Å². The molecule has 8 nitrogen and oxygen atoms in total. The van der Waals surface area contributed by atoms with Crippen molar-refractivity contribution in [2.24, 2.45) is 28.5 Å². The summed E-state index contributed by atoms with van der Waals surface area (Å²) in [4.78, 5) is 28.2. The van der Waals surface area contributed by atoms with Crippen LogP contribution in [0.2, 0.25) is 0 Å². The molecule has 1 saturated carbocycles. The lowest BCUT2D eigenvalue weighted by molar-refractivity contribution is -0.147. The van der Waals surface area contributed by atoms with Crippen molar-refractivity contribution in [2.45, 2.75) is 62.9 Å². The van der Waals surface area contributed by atoms with E-state index >= 15 is 0 Å². The molecule has 6 N–H and O–H groups in total. The molecule has 1 aromatic rings. The summed E-state index contributed by atoms with van der Waals surface area (Å²) in [5.74, 6) is 5.29. The Morgan fingerprint density at radius 2 is 2.03 bits per heavy atom. The molecular weight excluding hydrogens is 394 g/mol. The lowest BCUT2D eigenvalue weighted by atomic mass is 9.71. The number of carbonyl (C=O) groups excluding carboxylic acids is 2. The summed E-state index contributed by atoms with van der Waals surface area (Å²) in [6.07, 6.45) is 7.71. The molecule has 0 aromatic heterocycles. The number of piperidine rings is 1. The van der Waals surface area contributed by atoms with Crippen LogP contribution in [0.1, 0.15) is 62.5 Å². The monoisotopic (exact) mass is 427 g/mol. The Hall–Kier alpha value is -2.61. The molecule has 2 saturated heterocycles. The maximum atomic E-state index is 13.7. The third kappa shape index (κ3) is 3.67. The number of likely N-dealkylation sites (tertiary alicyclic amines) is 1. The highest BCUT2D eigenvalue weighted by Gasteiger charge is 2.54. The van der Waals surface area contributed by atoms with E-state index in [1.165, 1.54) is 19.1 Å². The fourth-order valence-corrected chi connectivity index (χ4v) is 6.11. The normalized spacial score (nSPS) is 33.4. The minimum Gasteiger partial charge on any atom is -0.507 e. The van der Waals surface area contributed by atoms with Gasteiger partial charge in [-0.1, -0.05) is 25.3 Å². The number of hydrogen-bond acceptors (Lipinski definition) is 6. The van der Waals surface area contributed by atoms with E-state index in [1.54, 1.807) is 24.0 Å². The molecule has 2 heterocycles. The second-order valence-corrected chi connectivity index (χ2v) is 9.37. The first-order chi connectivity index (χ1) is 14.9. The molecule has 1 aromatic carbocycles. The number of rotatable bonds is 4. The summed E-state index contributed by atoms with van der Waals surface area (Å²) >= 11 is 0. The molecule has 1 aliphatic carbocycles. The van der Waals surface area contributed by atoms with Crippen LogP contribution in [0, 0.1) is 11.8 Å². The predicted octanol–water partition coefficient (Wildman–Crippen LogP) is 1.41. The zero-order valence-electron chi connectivity index (χ0n) is 18.1. The van der Waals surface area contributed by atoms with Crippen molar-refractivity contribution < 1.29 is 14.7 Å². The van der Waals surface area contributed by atoms with Crippen LogP contribution in [0.4, 0.5) is 0 Å². The van der Waals surface area contributed by atoms with E-state index in [2.05, 4.69) is 10.4 Å². The first-order valence-corrected chi connectivity index (χ1v) is 11.3. The van der Waals surface area contributed by atoms with Crippen LogP contribution in [0.5, 0.6) is 5.75 Å². The zero-order chi connectivity index (χ0) is 22.2. The Morgan fingerprint density at radius 3 is 2.74 bits per heavy atom. The molecule has 31 heavy (non-hydrogen) atoms. The van der Waals surface area contributed by atoms with Gasteiger partial charge in [0.1, 0.15) is 11.3 Å². The lowest BCUT2D eigenvalue weighted by Crippen LogP contribution is -2.63. The van der Waals surface area contributed by atoms with Crippen LogP contribution >= 0.6 is 0 Å². The predicted molar refractivity (Wildman–Crippen MR) is 118 cm³/mol. The smallest absolute Gasteiger partial charge is 0.243 e. The average molecular weight is 428 g/mol. The van der Waals surface area contributed by atoms with Crippen LogP contribution in [0.3, 0.4) is 0 Å². The van der Waals surface area contributed by atoms with E-state index in [0.717, 1.165) is 31.4 Å². The molecule has 5 atom stereocenters. The highest BCUT2D eigenvalue weighted by atomic mass is 16.3. The van der Waals surface area contributed by atoms with Crippen molar-refractivity contribution in [1.29, 1.82) is 0 Å². The number of nitrogens with two attached hydrogens (primary N) is 2. The quantitative estimate of drug-likeness (QED) is 0.327. The molecule has 3 fully saturated rings. The fourth-order valence-electron chi connectivity index (χ4n) is 6.11. The molecule has 8 heteroatoms. The second-order valence-electron chi connectivity index (χ2n) is 9.37. The third-order valence-electron chi connectivity index (χ3n) is 7.86. The molecule has 0 bridgehead atoms. The number of phenols is 1. The maximum absolute atomic E-state index is 13.7. The molecule has 2 amide bonds. The highest BCUT2D eigenvalue weighted by Crippen LogP contribution is 2.45. The summed E-state index contributed by atoms with van der Waals surface area (Å²) in [6, 6.07) is 4.91. The number of nitrogens with one attached hydrogen (secondary N) is 1. The molecule has 2 aliphatic heterocycles. The Morgan fingerprint density at radius 1 is 1.26 bits per heavy atom. The number of nitrogens with zero attached hydrogens (tertiary/aromatic N) is 2. The second kappa shape index (κ2) is 8.49. The number of amides is 2. The van der Waals surface area contributed by atoms with Crippen molar-refractivity contribution in [3.63, 3.8) is 0 Å². The number of fused-ring (bicyclic) bond motifs is 1. The van der Waals surface area contributed by atoms with E-state index in [1.807, 2.05) is 6.07 Å². The Kier molecular flexibility index (Phi) is 5.92. The third-order valence-corrected chi connectivity index (χ3v) is 7.86. The minimum atomic E-state index is -1.16. The Bertz CT molecular complexity index is 886. The summed E-state index contributed by atoms with van der Waals surface area (Å²) in [5.41, 5.74) is 6.02. The van der Waals surface area contributed by atoms with Crippen LogP contribution in [-0.2, 0) is 9.59 Å². The minimum absolute atomic E-state index is 0.0171. The van der Waals surface area contributed by atoms with Gasteiger partial charge in [0, 0.05) is 18.0 Å².